The zero-order chi connectivity index (χ0) is 17.5. The van der Waals surface area contributed by atoms with Crippen LogP contribution in [0.25, 0.3) is 0 Å². The summed E-state index contributed by atoms with van der Waals surface area (Å²) in [6, 6.07) is 20.6. The largest absolute Gasteiger partial charge is 0.494 e. The minimum absolute atomic E-state index is 0.140. The van der Waals surface area contributed by atoms with Gasteiger partial charge in [-0.25, -0.2) is 4.98 Å². The second kappa shape index (κ2) is 8.35. The van der Waals surface area contributed by atoms with E-state index in [9.17, 15) is 4.79 Å². The molecule has 3 aromatic rings. The normalized spacial score (nSPS) is 10.3. The van der Waals surface area contributed by atoms with Gasteiger partial charge in [0, 0.05) is 22.3 Å². The van der Waals surface area contributed by atoms with Crippen molar-refractivity contribution in [2.24, 2.45) is 0 Å². The molecule has 0 aliphatic heterocycles. The highest BCUT2D eigenvalue weighted by Crippen LogP contribution is 2.26. The van der Waals surface area contributed by atoms with Crippen LogP contribution in [-0.2, 0) is 0 Å². The Balaban J connectivity index is 1.62. The van der Waals surface area contributed by atoms with Crippen LogP contribution < -0.4 is 10.1 Å². The van der Waals surface area contributed by atoms with Gasteiger partial charge in [-0.15, -0.1) is 0 Å². The number of benzene rings is 2. The van der Waals surface area contributed by atoms with Gasteiger partial charge in [-0.05, 0) is 67.6 Å². The molecule has 0 fully saturated rings. The van der Waals surface area contributed by atoms with Crippen LogP contribution in [0, 0.1) is 0 Å². The van der Waals surface area contributed by atoms with E-state index in [0.717, 1.165) is 21.4 Å². The molecule has 0 unspecified atom stereocenters. The Kier molecular flexibility index (Phi) is 5.69. The Morgan fingerprint density at radius 2 is 1.80 bits per heavy atom. The Morgan fingerprint density at radius 1 is 1.04 bits per heavy atom. The molecule has 1 heterocycles. The quantitative estimate of drug-likeness (QED) is 0.688. The van der Waals surface area contributed by atoms with E-state index in [2.05, 4.69) is 10.3 Å². The van der Waals surface area contributed by atoms with E-state index in [1.807, 2.05) is 73.7 Å². The predicted molar refractivity (Wildman–Crippen MR) is 100 cm³/mol. The van der Waals surface area contributed by atoms with Gasteiger partial charge >= 0.3 is 0 Å². The summed E-state index contributed by atoms with van der Waals surface area (Å²) in [5.74, 6) is 0.648. The highest BCUT2D eigenvalue weighted by atomic mass is 32.2. The maximum atomic E-state index is 12.3. The number of rotatable bonds is 6. The summed E-state index contributed by atoms with van der Waals surface area (Å²) in [4.78, 5) is 17.7. The third kappa shape index (κ3) is 4.84. The van der Waals surface area contributed by atoms with Gasteiger partial charge in [0.1, 0.15) is 10.8 Å². The fraction of sp³-hybridized carbons (Fsp3) is 0.100. The van der Waals surface area contributed by atoms with Gasteiger partial charge in [0.2, 0.25) is 0 Å². The number of nitrogens with zero attached hydrogens (tertiary/aromatic N) is 1. The lowest BCUT2D eigenvalue weighted by Crippen LogP contribution is -2.11. The molecule has 0 bridgehead atoms. The number of ether oxygens (including phenoxy) is 1. The van der Waals surface area contributed by atoms with Gasteiger partial charge in [0.15, 0.2) is 0 Å². The van der Waals surface area contributed by atoms with Crippen molar-refractivity contribution >= 4 is 23.4 Å². The van der Waals surface area contributed by atoms with Crippen LogP contribution in [0.3, 0.4) is 0 Å². The van der Waals surface area contributed by atoms with Gasteiger partial charge in [-0.1, -0.05) is 17.8 Å². The van der Waals surface area contributed by atoms with E-state index in [-0.39, 0.29) is 5.91 Å². The SMILES string of the molecule is CCOc1ccc(NC(=O)c2ccc(Sc3ccccn3)cc2)cc1. The van der Waals surface area contributed by atoms with Crippen molar-refractivity contribution in [1.82, 2.24) is 4.98 Å². The Labute approximate surface area is 151 Å². The number of carbonyl (C=O) groups excluding carboxylic acids is 1. The number of anilines is 1. The maximum Gasteiger partial charge on any atom is 0.255 e. The summed E-state index contributed by atoms with van der Waals surface area (Å²) >= 11 is 1.56. The Bertz CT molecular complexity index is 819. The molecule has 0 spiro atoms. The summed E-state index contributed by atoms with van der Waals surface area (Å²) in [5.41, 5.74) is 1.35. The number of aromatic nitrogens is 1. The summed E-state index contributed by atoms with van der Waals surface area (Å²) in [6.45, 7) is 2.56. The van der Waals surface area contributed by atoms with Gasteiger partial charge in [0.05, 0.1) is 6.61 Å². The predicted octanol–water partition coefficient (Wildman–Crippen LogP) is 4.88. The third-order valence-electron chi connectivity index (χ3n) is 3.40. The fourth-order valence-corrected chi connectivity index (χ4v) is 2.98. The molecule has 1 aromatic heterocycles. The van der Waals surface area contributed by atoms with Crippen LogP contribution in [0.15, 0.2) is 82.8 Å². The molecular formula is C20H18N2O2S. The second-order valence-corrected chi connectivity index (χ2v) is 6.30. The standard InChI is InChI=1S/C20H18N2O2S/c1-2-24-17-10-8-16(9-11-17)22-20(23)15-6-12-18(13-7-15)25-19-5-3-4-14-21-19/h3-14H,2H2,1H3,(H,22,23). The van der Waals surface area contributed by atoms with Crippen molar-refractivity contribution in [3.05, 3.63) is 78.5 Å². The van der Waals surface area contributed by atoms with Crippen molar-refractivity contribution in [3.63, 3.8) is 0 Å². The number of hydrogen-bond acceptors (Lipinski definition) is 4. The number of carbonyl (C=O) groups is 1. The van der Waals surface area contributed by atoms with Crippen LogP contribution in [0.5, 0.6) is 5.75 Å². The number of amides is 1. The van der Waals surface area contributed by atoms with Gasteiger partial charge in [0.25, 0.3) is 5.91 Å². The lowest BCUT2D eigenvalue weighted by atomic mass is 10.2. The first-order chi connectivity index (χ1) is 12.2. The van der Waals surface area contributed by atoms with E-state index in [4.69, 9.17) is 4.74 Å². The molecule has 0 atom stereocenters. The molecule has 0 aliphatic carbocycles. The fourth-order valence-electron chi connectivity index (χ4n) is 2.21. The number of pyridine rings is 1. The molecular weight excluding hydrogens is 332 g/mol. The van der Waals surface area contributed by atoms with Crippen molar-refractivity contribution in [2.45, 2.75) is 16.8 Å². The monoisotopic (exact) mass is 350 g/mol. The Hall–Kier alpha value is -2.79. The lowest BCUT2D eigenvalue weighted by Gasteiger charge is -2.08. The van der Waals surface area contributed by atoms with Crippen LogP contribution in [0.1, 0.15) is 17.3 Å². The molecule has 5 heteroatoms. The highest BCUT2D eigenvalue weighted by molar-refractivity contribution is 7.99. The van der Waals surface area contributed by atoms with Crippen LogP contribution in [-0.4, -0.2) is 17.5 Å². The van der Waals surface area contributed by atoms with Gasteiger partial charge < -0.3 is 10.1 Å². The second-order valence-electron chi connectivity index (χ2n) is 5.21. The first-order valence-corrected chi connectivity index (χ1v) is 8.79. The van der Waals surface area contributed by atoms with Crippen molar-refractivity contribution in [3.8, 4) is 5.75 Å². The third-order valence-corrected chi connectivity index (χ3v) is 4.36. The van der Waals surface area contributed by atoms with E-state index in [1.54, 1.807) is 18.0 Å². The molecule has 1 N–H and O–H groups in total. The minimum Gasteiger partial charge on any atom is -0.494 e. The van der Waals surface area contributed by atoms with E-state index >= 15 is 0 Å². The van der Waals surface area contributed by atoms with E-state index in [1.165, 1.54) is 0 Å². The summed E-state index contributed by atoms with van der Waals surface area (Å²) in [7, 11) is 0. The smallest absolute Gasteiger partial charge is 0.255 e. The zero-order valence-corrected chi connectivity index (χ0v) is 14.6. The molecule has 0 radical (unpaired) electrons. The average molecular weight is 350 g/mol. The highest BCUT2D eigenvalue weighted by Gasteiger charge is 2.07. The lowest BCUT2D eigenvalue weighted by molar-refractivity contribution is 0.102. The van der Waals surface area contributed by atoms with Gasteiger partial charge in [-0.3, -0.25) is 4.79 Å². The minimum atomic E-state index is -0.140. The molecule has 1 amide bonds. The van der Waals surface area contributed by atoms with Crippen molar-refractivity contribution in [2.75, 3.05) is 11.9 Å². The molecule has 0 saturated carbocycles. The molecule has 0 saturated heterocycles. The zero-order valence-electron chi connectivity index (χ0n) is 13.8. The summed E-state index contributed by atoms with van der Waals surface area (Å²) in [6.07, 6.45) is 1.76. The number of nitrogens with one attached hydrogen (secondary N) is 1. The molecule has 4 nitrogen and oxygen atoms in total. The Morgan fingerprint density at radius 3 is 2.44 bits per heavy atom. The number of hydrogen-bond donors (Lipinski definition) is 1. The first-order valence-electron chi connectivity index (χ1n) is 7.98. The van der Waals surface area contributed by atoms with Crippen LogP contribution >= 0.6 is 11.8 Å². The van der Waals surface area contributed by atoms with Crippen LogP contribution in [0.2, 0.25) is 0 Å². The molecule has 3 rings (SSSR count). The molecule has 25 heavy (non-hydrogen) atoms. The molecule has 2 aromatic carbocycles. The van der Waals surface area contributed by atoms with Crippen molar-refractivity contribution < 1.29 is 9.53 Å². The first kappa shape index (κ1) is 17.0. The average Bonchev–Trinajstić information content (AvgIpc) is 2.65. The van der Waals surface area contributed by atoms with Gasteiger partial charge in [-0.2, -0.15) is 0 Å². The topological polar surface area (TPSA) is 51.2 Å². The molecule has 126 valence electrons. The van der Waals surface area contributed by atoms with Crippen LogP contribution in [0.4, 0.5) is 5.69 Å². The van der Waals surface area contributed by atoms with E-state index in [0.29, 0.717) is 12.2 Å². The maximum absolute atomic E-state index is 12.3. The van der Waals surface area contributed by atoms with E-state index < -0.39 is 0 Å². The summed E-state index contributed by atoms with van der Waals surface area (Å²) in [5, 5.41) is 3.81. The summed E-state index contributed by atoms with van der Waals surface area (Å²) < 4.78 is 5.39. The van der Waals surface area contributed by atoms with Crippen molar-refractivity contribution in [1.29, 1.82) is 0 Å². The molecule has 0 aliphatic rings.